The van der Waals surface area contributed by atoms with Gasteiger partial charge in [-0.3, -0.25) is 0 Å². The van der Waals surface area contributed by atoms with E-state index in [-0.39, 0.29) is 17.9 Å². The average Bonchev–Trinajstić information content (AvgIpc) is 2.90. The molecule has 1 aromatic carbocycles. The van der Waals surface area contributed by atoms with Crippen LogP contribution in [0.15, 0.2) is 41.6 Å². The van der Waals surface area contributed by atoms with Crippen LogP contribution >= 0.6 is 0 Å². The van der Waals surface area contributed by atoms with Gasteiger partial charge in [-0.25, -0.2) is 9.37 Å². The fraction of sp³-hybridized carbons (Fsp3) is 0.368. The Hall–Kier alpha value is -2.63. The van der Waals surface area contributed by atoms with Gasteiger partial charge in [-0.2, -0.15) is 0 Å². The van der Waals surface area contributed by atoms with Gasteiger partial charge in [0.05, 0.1) is 5.56 Å². The van der Waals surface area contributed by atoms with Gasteiger partial charge in [0.2, 0.25) is 5.88 Å². The maximum Gasteiger partial charge on any atom is 0.230 e. The van der Waals surface area contributed by atoms with Gasteiger partial charge in [0.15, 0.2) is 5.84 Å². The molecule has 3 rings (SSSR count). The molecule has 5 nitrogen and oxygen atoms in total. The number of hydrogen-bond acceptors (Lipinski definition) is 4. The maximum absolute atomic E-state index is 13.5. The molecule has 1 aromatic heterocycles. The van der Waals surface area contributed by atoms with Gasteiger partial charge in [-0.05, 0) is 57.9 Å². The Bertz CT molecular complexity index is 784. The number of ether oxygens (including phenoxy) is 1. The van der Waals surface area contributed by atoms with Gasteiger partial charge in [0.1, 0.15) is 11.6 Å². The molecule has 6 heteroatoms. The van der Waals surface area contributed by atoms with Crippen molar-refractivity contribution in [3.8, 4) is 11.6 Å². The SMILES string of the molecule is Cc1ccc(/C(=N/O)N2C(C)CCC2C)c(Oc2cccc(F)c2)n1. The van der Waals surface area contributed by atoms with Crippen molar-refractivity contribution in [3.05, 3.63) is 53.5 Å². The number of amidine groups is 1. The molecule has 1 saturated heterocycles. The molecule has 0 saturated carbocycles. The lowest BCUT2D eigenvalue weighted by atomic mass is 10.1. The number of halogens is 1. The van der Waals surface area contributed by atoms with E-state index < -0.39 is 0 Å². The lowest BCUT2D eigenvalue weighted by molar-refractivity contribution is 0.282. The molecule has 0 radical (unpaired) electrons. The number of likely N-dealkylation sites (tertiary alicyclic amines) is 1. The predicted octanol–water partition coefficient (Wildman–Crippen LogP) is 4.33. The second-order valence-electron chi connectivity index (χ2n) is 6.47. The highest BCUT2D eigenvalue weighted by Gasteiger charge is 2.32. The summed E-state index contributed by atoms with van der Waals surface area (Å²) < 4.78 is 19.3. The highest BCUT2D eigenvalue weighted by Crippen LogP contribution is 2.31. The Kier molecular flexibility index (Phi) is 4.88. The Morgan fingerprint density at radius 2 is 1.96 bits per heavy atom. The monoisotopic (exact) mass is 343 g/mol. The van der Waals surface area contributed by atoms with Crippen LogP contribution in [0.1, 0.15) is 37.9 Å². The van der Waals surface area contributed by atoms with Crippen LogP contribution in [0, 0.1) is 12.7 Å². The fourth-order valence-electron chi connectivity index (χ4n) is 3.28. The highest BCUT2D eigenvalue weighted by molar-refractivity contribution is 6.01. The van der Waals surface area contributed by atoms with E-state index in [9.17, 15) is 9.60 Å². The summed E-state index contributed by atoms with van der Waals surface area (Å²) in [5.74, 6) is 0.685. The minimum absolute atomic E-state index is 0.254. The van der Waals surface area contributed by atoms with E-state index in [0.29, 0.717) is 23.0 Å². The molecule has 132 valence electrons. The van der Waals surface area contributed by atoms with Crippen LogP contribution in [0.2, 0.25) is 0 Å². The van der Waals surface area contributed by atoms with Crippen molar-refractivity contribution in [2.75, 3.05) is 0 Å². The molecule has 0 bridgehead atoms. The van der Waals surface area contributed by atoms with E-state index >= 15 is 0 Å². The van der Waals surface area contributed by atoms with Gasteiger partial charge in [0.25, 0.3) is 0 Å². The molecular formula is C19H22FN3O2. The van der Waals surface area contributed by atoms with Crippen LogP contribution in [0.3, 0.4) is 0 Å². The summed E-state index contributed by atoms with van der Waals surface area (Å²) in [7, 11) is 0. The quantitative estimate of drug-likeness (QED) is 0.390. The zero-order valence-electron chi connectivity index (χ0n) is 14.6. The molecule has 1 aliphatic heterocycles. The van der Waals surface area contributed by atoms with Crippen LogP contribution in [0.5, 0.6) is 11.6 Å². The Balaban J connectivity index is 2.01. The summed E-state index contributed by atoms with van der Waals surface area (Å²) in [6.45, 7) is 6.05. The Morgan fingerprint density at radius 1 is 1.24 bits per heavy atom. The number of oxime groups is 1. The molecule has 1 N–H and O–H groups in total. The third kappa shape index (κ3) is 3.57. The lowest BCUT2D eigenvalue weighted by Gasteiger charge is -2.29. The normalized spacial score (nSPS) is 20.8. The van der Waals surface area contributed by atoms with Gasteiger partial charge in [-0.1, -0.05) is 11.2 Å². The summed E-state index contributed by atoms with van der Waals surface area (Å²) in [5.41, 5.74) is 1.34. The minimum Gasteiger partial charge on any atom is -0.438 e. The number of hydrogen-bond donors (Lipinski definition) is 1. The van der Waals surface area contributed by atoms with Crippen molar-refractivity contribution in [1.82, 2.24) is 9.88 Å². The summed E-state index contributed by atoms with van der Waals surface area (Å²) in [5, 5.41) is 13.2. The van der Waals surface area contributed by atoms with Gasteiger partial charge < -0.3 is 14.8 Å². The van der Waals surface area contributed by atoms with Crippen molar-refractivity contribution in [1.29, 1.82) is 0 Å². The van der Waals surface area contributed by atoms with Gasteiger partial charge in [-0.15, -0.1) is 0 Å². The molecule has 0 spiro atoms. The first-order valence-corrected chi connectivity index (χ1v) is 8.41. The molecule has 2 aromatic rings. The molecule has 2 heterocycles. The Morgan fingerprint density at radius 3 is 2.60 bits per heavy atom. The number of benzene rings is 1. The standard InChI is InChI=1S/C19H22FN3O2/c1-12-7-10-17(18(22-24)23-13(2)8-9-14(23)3)19(21-12)25-16-6-4-5-15(20)11-16/h4-7,10-11,13-14,24H,8-9H2,1-3H3/b22-18-. The second kappa shape index (κ2) is 7.09. The van der Waals surface area contributed by atoms with Crippen molar-refractivity contribution < 1.29 is 14.3 Å². The van der Waals surface area contributed by atoms with Crippen LogP contribution in [-0.4, -0.2) is 33.0 Å². The van der Waals surface area contributed by atoms with Gasteiger partial charge in [0, 0.05) is 23.8 Å². The molecule has 2 atom stereocenters. The molecule has 0 amide bonds. The fourth-order valence-corrected chi connectivity index (χ4v) is 3.28. The van der Waals surface area contributed by atoms with Crippen LogP contribution < -0.4 is 4.74 Å². The van der Waals surface area contributed by atoms with Crippen LogP contribution in [0.25, 0.3) is 0 Å². The van der Waals surface area contributed by atoms with E-state index in [4.69, 9.17) is 4.74 Å². The zero-order chi connectivity index (χ0) is 18.0. The van der Waals surface area contributed by atoms with E-state index in [2.05, 4.69) is 28.9 Å². The molecule has 25 heavy (non-hydrogen) atoms. The molecule has 2 unspecified atom stereocenters. The van der Waals surface area contributed by atoms with Gasteiger partial charge >= 0.3 is 0 Å². The van der Waals surface area contributed by atoms with Crippen LogP contribution in [-0.2, 0) is 0 Å². The summed E-state index contributed by atoms with van der Waals surface area (Å²) in [4.78, 5) is 6.50. The number of aromatic nitrogens is 1. The number of aryl methyl sites for hydroxylation is 1. The summed E-state index contributed by atoms with van der Waals surface area (Å²) >= 11 is 0. The number of pyridine rings is 1. The smallest absolute Gasteiger partial charge is 0.230 e. The highest BCUT2D eigenvalue weighted by atomic mass is 19.1. The van der Waals surface area contributed by atoms with E-state index in [1.165, 1.54) is 12.1 Å². The topological polar surface area (TPSA) is 58.0 Å². The van der Waals surface area contributed by atoms with Crippen molar-refractivity contribution in [2.24, 2.45) is 5.16 Å². The first-order chi connectivity index (χ1) is 12.0. The maximum atomic E-state index is 13.5. The van der Waals surface area contributed by atoms with E-state index in [0.717, 1.165) is 18.5 Å². The third-order valence-corrected chi connectivity index (χ3v) is 4.54. The third-order valence-electron chi connectivity index (χ3n) is 4.54. The van der Waals surface area contributed by atoms with Crippen molar-refractivity contribution >= 4 is 5.84 Å². The first-order valence-electron chi connectivity index (χ1n) is 8.41. The zero-order valence-corrected chi connectivity index (χ0v) is 14.6. The number of nitrogens with zero attached hydrogens (tertiary/aromatic N) is 3. The van der Waals surface area contributed by atoms with E-state index in [1.54, 1.807) is 12.1 Å². The lowest BCUT2D eigenvalue weighted by Crippen LogP contribution is -2.39. The van der Waals surface area contributed by atoms with Crippen LogP contribution in [0.4, 0.5) is 4.39 Å². The molecule has 1 aliphatic rings. The minimum atomic E-state index is -0.385. The molecule has 1 fully saturated rings. The predicted molar refractivity (Wildman–Crippen MR) is 93.8 cm³/mol. The van der Waals surface area contributed by atoms with Crippen molar-refractivity contribution in [3.63, 3.8) is 0 Å². The first kappa shape index (κ1) is 17.2. The summed E-state index contributed by atoms with van der Waals surface area (Å²) in [6, 6.07) is 10.1. The summed E-state index contributed by atoms with van der Waals surface area (Å²) in [6.07, 6.45) is 2.05. The largest absolute Gasteiger partial charge is 0.438 e. The van der Waals surface area contributed by atoms with E-state index in [1.807, 2.05) is 19.1 Å². The average molecular weight is 343 g/mol. The van der Waals surface area contributed by atoms with Crippen molar-refractivity contribution in [2.45, 2.75) is 45.7 Å². The number of rotatable bonds is 3. The molecule has 0 aliphatic carbocycles. The second-order valence-corrected chi connectivity index (χ2v) is 6.47. The molecular weight excluding hydrogens is 321 g/mol. The Labute approximate surface area is 146 Å².